The molecule has 0 N–H and O–H groups in total. The van der Waals surface area contributed by atoms with E-state index in [4.69, 9.17) is 4.98 Å². The van der Waals surface area contributed by atoms with Crippen molar-refractivity contribution in [3.05, 3.63) is 47.4 Å². The van der Waals surface area contributed by atoms with Crippen molar-refractivity contribution in [2.75, 3.05) is 18.0 Å². The third-order valence-corrected chi connectivity index (χ3v) is 5.99. The molecule has 5 rings (SSSR count). The molecule has 3 aromatic heterocycles. The molecule has 1 atom stereocenters. The molecule has 0 amide bonds. The molecule has 0 spiro atoms. The smallest absolute Gasteiger partial charge is 0.200 e. The molecule has 1 unspecified atom stereocenters. The molecule has 1 aliphatic rings. The van der Waals surface area contributed by atoms with Gasteiger partial charge in [-0.1, -0.05) is 12.1 Å². The van der Waals surface area contributed by atoms with Gasteiger partial charge in [0.2, 0.25) is 5.65 Å². The van der Waals surface area contributed by atoms with Crippen LogP contribution in [-0.4, -0.2) is 37.9 Å². The zero-order valence-electron chi connectivity index (χ0n) is 14.0. The van der Waals surface area contributed by atoms with E-state index in [0.717, 1.165) is 42.1 Å². The van der Waals surface area contributed by atoms with Gasteiger partial charge in [-0.2, -0.15) is 9.61 Å². The van der Waals surface area contributed by atoms with Gasteiger partial charge in [0.15, 0.2) is 0 Å². The lowest BCUT2D eigenvalue weighted by Gasteiger charge is -2.33. The number of rotatable bonds is 2. The Labute approximate surface area is 149 Å². The summed E-state index contributed by atoms with van der Waals surface area (Å²) >= 11 is 1.83. The van der Waals surface area contributed by atoms with E-state index in [1.807, 2.05) is 18.3 Å². The first-order valence-electron chi connectivity index (χ1n) is 8.56. The highest BCUT2D eigenvalue weighted by Crippen LogP contribution is 2.35. The van der Waals surface area contributed by atoms with Crippen LogP contribution in [0.25, 0.3) is 15.9 Å². The van der Waals surface area contributed by atoms with Crippen molar-refractivity contribution >= 4 is 32.9 Å². The molecular formula is C18H18N6S. The summed E-state index contributed by atoms with van der Waals surface area (Å²) in [5.74, 6) is 0.461. The van der Waals surface area contributed by atoms with Gasteiger partial charge in [0.25, 0.3) is 0 Å². The maximum Gasteiger partial charge on any atom is 0.200 e. The summed E-state index contributed by atoms with van der Waals surface area (Å²) in [6.07, 6.45) is 4.01. The fourth-order valence-corrected chi connectivity index (χ4v) is 4.72. The maximum atomic E-state index is 4.88. The summed E-state index contributed by atoms with van der Waals surface area (Å²) in [5, 5.41) is 14.0. The second-order valence-corrected chi connectivity index (χ2v) is 7.64. The minimum Gasteiger partial charge on any atom is -0.368 e. The zero-order valence-corrected chi connectivity index (χ0v) is 14.8. The molecule has 7 heteroatoms. The fourth-order valence-electron chi connectivity index (χ4n) is 3.63. The summed E-state index contributed by atoms with van der Waals surface area (Å²) in [5.41, 5.74) is 4.04. The average Bonchev–Trinajstić information content (AvgIpc) is 3.27. The Hall–Kier alpha value is -2.54. The van der Waals surface area contributed by atoms with Crippen molar-refractivity contribution in [3.8, 4) is 0 Å². The van der Waals surface area contributed by atoms with Gasteiger partial charge >= 0.3 is 0 Å². The molecule has 1 saturated heterocycles. The number of fused-ring (bicyclic) bond motifs is 2. The second-order valence-electron chi connectivity index (χ2n) is 6.58. The number of aryl methyl sites for hydroxylation is 1. The number of hydrogen-bond acceptors (Lipinski definition) is 6. The van der Waals surface area contributed by atoms with Crippen LogP contribution in [0.1, 0.15) is 29.5 Å². The lowest BCUT2D eigenvalue weighted by atomic mass is 9.98. The van der Waals surface area contributed by atoms with Crippen molar-refractivity contribution in [2.24, 2.45) is 0 Å². The van der Waals surface area contributed by atoms with E-state index in [0.29, 0.717) is 5.92 Å². The van der Waals surface area contributed by atoms with Gasteiger partial charge in [-0.3, -0.25) is 0 Å². The first-order valence-corrected chi connectivity index (χ1v) is 9.38. The molecular weight excluding hydrogens is 332 g/mol. The van der Waals surface area contributed by atoms with Crippen LogP contribution >= 0.6 is 11.3 Å². The van der Waals surface area contributed by atoms with Crippen molar-refractivity contribution < 1.29 is 0 Å². The van der Waals surface area contributed by atoms with E-state index < -0.39 is 0 Å². The van der Waals surface area contributed by atoms with Crippen LogP contribution in [0.4, 0.5) is 5.69 Å². The van der Waals surface area contributed by atoms with Crippen LogP contribution in [0, 0.1) is 6.92 Å². The number of hydrogen-bond donors (Lipinski definition) is 0. The minimum absolute atomic E-state index is 0.461. The molecule has 4 heterocycles. The Morgan fingerprint density at radius 2 is 2.16 bits per heavy atom. The molecule has 25 heavy (non-hydrogen) atoms. The monoisotopic (exact) mass is 350 g/mol. The average molecular weight is 350 g/mol. The molecule has 0 saturated carbocycles. The van der Waals surface area contributed by atoms with Gasteiger partial charge in [0.05, 0.1) is 26.6 Å². The first kappa shape index (κ1) is 14.8. The number of anilines is 1. The first-order chi connectivity index (χ1) is 12.3. The number of aromatic nitrogens is 5. The SMILES string of the molecule is Cc1cc(N2CCCC(c3nc4ccccc4s3)C2)c2nncn2n1. The number of piperidine rings is 1. The van der Waals surface area contributed by atoms with Gasteiger partial charge in [-0.25, -0.2) is 4.98 Å². The topological polar surface area (TPSA) is 59.2 Å². The van der Waals surface area contributed by atoms with Crippen molar-refractivity contribution in [3.63, 3.8) is 0 Å². The number of nitrogens with zero attached hydrogens (tertiary/aromatic N) is 6. The lowest BCUT2D eigenvalue weighted by Crippen LogP contribution is -2.34. The number of thiazole rings is 1. The van der Waals surface area contributed by atoms with E-state index in [1.165, 1.54) is 16.1 Å². The molecule has 1 fully saturated rings. The van der Waals surface area contributed by atoms with Crippen LogP contribution in [0.3, 0.4) is 0 Å². The molecule has 0 aliphatic carbocycles. The van der Waals surface area contributed by atoms with Gasteiger partial charge in [0.1, 0.15) is 6.33 Å². The summed E-state index contributed by atoms with van der Waals surface area (Å²) in [4.78, 5) is 7.30. The Morgan fingerprint density at radius 3 is 3.08 bits per heavy atom. The summed E-state index contributed by atoms with van der Waals surface area (Å²) < 4.78 is 3.04. The molecule has 126 valence electrons. The molecule has 0 bridgehead atoms. The highest BCUT2D eigenvalue weighted by molar-refractivity contribution is 7.18. The summed E-state index contributed by atoms with van der Waals surface area (Å²) in [6.45, 7) is 4.01. The summed E-state index contributed by atoms with van der Waals surface area (Å²) in [6, 6.07) is 10.5. The molecule has 0 radical (unpaired) electrons. The van der Waals surface area contributed by atoms with E-state index in [9.17, 15) is 0 Å². The van der Waals surface area contributed by atoms with Gasteiger partial charge in [-0.05, 0) is 38.0 Å². The third kappa shape index (κ3) is 2.55. The van der Waals surface area contributed by atoms with Crippen molar-refractivity contribution in [1.29, 1.82) is 0 Å². The van der Waals surface area contributed by atoms with Gasteiger partial charge < -0.3 is 4.90 Å². The maximum absolute atomic E-state index is 4.88. The van der Waals surface area contributed by atoms with Crippen LogP contribution in [0.2, 0.25) is 0 Å². The predicted molar refractivity (Wildman–Crippen MR) is 99.3 cm³/mol. The van der Waals surface area contributed by atoms with E-state index in [-0.39, 0.29) is 0 Å². The Kier molecular flexibility index (Phi) is 3.41. The third-order valence-electron chi connectivity index (χ3n) is 4.79. The molecule has 4 aromatic rings. The number of benzene rings is 1. The highest BCUT2D eigenvalue weighted by Gasteiger charge is 2.26. The molecule has 6 nitrogen and oxygen atoms in total. The highest BCUT2D eigenvalue weighted by atomic mass is 32.1. The Bertz CT molecular complexity index is 1020. The van der Waals surface area contributed by atoms with Crippen molar-refractivity contribution in [1.82, 2.24) is 24.8 Å². The Morgan fingerprint density at radius 1 is 1.24 bits per heavy atom. The van der Waals surface area contributed by atoms with Crippen LogP contribution in [0.15, 0.2) is 36.7 Å². The lowest BCUT2D eigenvalue weighted by molar-refractivity contribution is 0.509. The quantitative estimate of drug-likeness (QED) is 0.554. The summed E-state index contributed by atoms with van der Waals surface area (Å²) in [7, 11) is 0. The predicted octanol–water partition coefficient (Wildman–Crippen LogP) is 3.43. The van der Waals surface area contributed by atoms with Crippen molar-refractivity contribution in [2.45, 2.75) is 25.7 Å². The van der Waals surface area contributed by atoms with Gasteiger partial charge in [0, 0.05) is 19.0 Å². The van der Waals surface area contributed by atoms with Gasteiger partial charge in [-0.15, -0.1) is 21.5 Å². The molecule has 1 aromatic carbocycles. The normalized spacial score (nSPS) is 18.3. The van der Waals surface area contributed by atoms with Crippen LogP contribution < -0.4 is 4.90 Å². The number of para-hydroxylation sites is 1. The fraction of sp³-hybridized carbons (Fsp3) is 0.333. The Balaban J connectivity index is 1.50. The largest absolute Gasteiger partial charge is 0.368 e. The second kappa shape index (κ2) is 5.77. The zero-order chi connectivity index (χ0) is 16.8. The van der Waals surface area contributed by atoms with E-state index >= 15 is 0 Å². The van der Waals surface area contributed by atoms with E-state index in [1.54, 1.807) is 10.8 Å². The van der Waals surface area contributed by atoms with Crippen LogP contribution in [-0.2, 0) is 0 Å². The standard InChI is InChI=1S/C18H18N6S/c1-12-9-15(17-21-19-11-24(17)22-12)23-8-4-5-13(10-23)18-20-14-6-2-3-7-16(14)25-18/h2-3,6-7,9,11,13H,4-5,8,10H2,1H3. The molecule has 1 aliphatic heterocycles. The van der Waals surface area contributed by atoms with Crippen LogP contribution in [0.5, 0.6) is 0 Å². The van der Waals surface area contributed by atoms with E-state index in [2.05, 4.69) is 50.5 Å². The minimum atomic E-state index is 0.461.